The summed E-state index contributed by atoms with van der Waals surface area (Å²) in [6, 6.07) is 0. The molecule has 9 heteroatoms. The molecule has 21 heavy (non-hydrogen) atoms. The molecule has 1 aromatic rings. The average Bonchev–Trinajstić information content (AvgIpc) is 2.74. The van der Waals surface area contributed by atoms with Crippen LogP contribution < -0.4 is 5.32 Å². The van der Waals surface area contributed by atoms with E-state index in [9.17, 15) is 18.0 Å². The molecule has 0 saturated heterocycles. The number of terminal acetylenes is 1. The Bertz CT molecular complexity index is 540. The second-order valence-corrected chi connectivity index (χ2v) is 5.22. The van der Waals surface area contributed by atoms with E-state index in [0.29, 0.717) is 0 Å². The Hall–Kier alpha value is -2.24. The number of carbonyl (C=O) groups is 1. The number of H-pyrrole nitrogens is 1. The number of aromatic nitrogens is 3. The Balaban J connectivity index is 2.85. The van der Waals surface area contributed by atoms with Crippen molar-refractivity contribution in [3.63, 3.8) is 0 Å². The van der Waals surface area contributed by atoms with Gasteiger partial charge < -0.3 is 10.1 Å². The lowest BCUT2D eigenvalue weighted by Crippen LogP contribution is -2.41. The molecule has 0 spiro atoms. The number of rotatable bonds is 3. The third kappa shape index (κ3) is 5.33. The molecule has 116 valence electrons. The minimum absolute atomic E-state index is 0.135. The van der Waals surface area contributed by atoms with E-state index < -0.39 is 29.7 Å². The van der Waals surface area contributed by atoms with Gasteiger partial charge in [-0.15, -0.1) is 17.4 Å². The van der Waals surface area contributed by atoms with Crippen molar-refractivity contribution in [2.24, 2.45) is 0 Å². The van der Waals surface area contributed by atoms with Crippen LogP contribution in [0.1, 0.15) is 44.9 Å². The zero-order valence-electron chi connectivity index (χ0n) is 11.7. The molecule has 0 aliphatic heterocycles. The quantitative estimate of drug-likeness (QED) is 0.840. The molecule has 0 saturated carbocycles. The molecule has 1 atom stereocenters. The van der Waals surface area contributed by atoms with Crippen molar-refractivity contribution in [3.05, 3.63) is 11.6 Å². The predicted octanol–water partition coefficient (Wildman–Crippen LogP) is 2.41. The Morgan fingerprint density at radius 3 is 2.52 bits per heavy atom. The van der Waals surface area contributed by atoms with Crippen LogP contribution >= 0.6 is 0 Å². The fraction of sp³-hybridized carbons (Fsp3) is 0.583. The summed E-state index contributed by atoms with van der Waals surface area (Å²) in [6.07, 6.45) is -1.66. The highest BCUT2D eigenvalue weighted by molar-refractivity contribution is 5.68. The van der Waals surface area contributed by atoms with Gasteiger partial charge in [-0.05, 0) is 20.8 Å². The maximum absolute atomic E-state index is 12.4. The molecule has 1 aromatic heterocycles. The third-order valence-corrected chi connectivity index (χ3v) is 2.09. The normalized spacial score (nSPS) is 13.4. The van der Waals surface area contributed by atoms with Crippen molar-refractivity contribution in [2.45, 2.75) is 45.0 Å². The third-order valence-electron chi connectivity index (χ3n) is 2.09. The predicted molar refractivity (Wildman–Crippen MR) is 66.9 cm³/mol. The van der Waals surface area contributed by atoms with Gasteiger partial charge in [0.1, 0.15) is 0 Å². The minimum atomic E-state index is -4.69. The van der Waals surface area contributed by atoms with Gasteiger partial charge in [-0.3, -0.25) is 5.10 Å². The molecular weight excluding hydrogens is 289 g/mol. The summed E-state index contributed by atoms with van der Waals surface area (Å²) in [5.41, 5.74) is -0.559. The van der Waals surface area contributed by atoms with E-state index in [-0.39, 0.29) is 12.2 Å². The van der Waals surface area contributed by atoms with Crippen molar-refractivity contribution in [1.82, 2.24) is 20.5 Å². The van der Waals surface area contributed by atoms with Crippen molar-refractivity contribution in [1.29, 1.82) is 0 Å². The maximum Gasteiger partial charge on any atom is 0.453 e. The summed E-state index contributed by atoms with van der Waals surface area (Å²) in [5.74, 6) is 0.601. The van der Waals surface area contributed by atoms with Gasteiger partial charge in [-0.25, -0.2) is 9.78 Å². The van der Waals surface area contributed by atoms with Gasteiger partial charge in [-0.2, -0.15) is 13.2 Å². The molecule has 1 heterocycles. The highest BCUT2D eigenvalue weighted by atomic mass is 19.4. The Kier molecular flexibility index (Phi) is 4.83. The van der Waals surface area contributed by atoms with Crippen LogP contribution in [0, 0.1) is 12.3 Å². The number of ether oxygens (including phenoxy) is 1. The first-order chi connectivity index (χ1) is 9.53. The van der Waals surface area contributed by atoms with Crippen molar-refractivity contribution in [3.8, 4) is 12.3 Å². The molecular formula is C12H15F3N4O2. The summed E-state index contributed by atoms with van der Waals surface area (Å²) in [7, 11) is 0. The van der Waals surface area contributed by atoms with Gasteiger partial charge in [0.05, 0.1) is 6.42 Å². The fourth-order valence-electron chi connectivity index (χ4n) is 1.31. The number of carbonyl (C=O) groups excluding carboxylic acids is 1. The zero-order chi connectivity index (χ0) is 16.3. The van der Waals surface area contributed by atoms with Gasteiger partial charge >= 0.3 is 12.3 Å². The van der Waals surface area contributed by atoms with E-state index in [1.807, 2.05) is 0 Å². The highest BCUT2D eigenvalue weighted by Gasteiger charge is 2.37. The van der Waals surface area contributed by atoms with Crippen LogP contribution in [0.4, 0.5) is 18.0 Å². The Labute approximate surface area is 119 Å². The second-order valence-electron chi connectivity index (χ2n) is 5.22. The van der Waals surface area contributed by atoms with Crippen molar-refractivity contribution in [2.75, 3.05) is 0 Å². The number of aromatic amines is 1. The maximum atomic E-state index is 12.4. The second kappa shape index (κ2) is 6.03. The smallest absolute Gasteiger partial charge is 0.437 e. The van der Waals surface area contributed by atoms with Crippen LogP contribution in [0.15, 0.2) is 0 Å². The zero-order valence-corrected chi connectivity index (χ0v) is 11.7. The Morgan fingerprint density at radius 1 is 1.48 bits per heavy atom. The van der Waals surface area contributed by atoms with E-state index in [0.717, 1.165) is 0 Å². The summed E-state index contributed by atoms with van der Waals surface area (Å²) < 4.78 is 42.3. The number of nitrogens with one attached hydrogen (secondary N) is 2. The topological polar surface area (TPSA) is 79.9 Å². The molecule has 2 N–H and O–H groups in total. The summed E-state index contributed by atoms with van der Waals surface area (Å²) in [6.45, 7) is 5.17. The van der Waals surface area contributed by atoms with Crippen molar-refractivity contribution >= 4 is 6.09 Å². The number of hydrogen-bond acceptors (Lipinski definition) is 4. The van der Waals surface area contributed by atoms with Crippen LogP contribution in [0.5, 0.6) is 0 Å². The molecule has 6 nitrogen and oxygen atoms in total. The molecule has 1 amide bonds. The SMILES string of the molecule is C#CC[C@H](OC(=O)NC(C)(C)C)c1nc(C(F)(F)F)n[nH]1. The number of nitrogens with zero attached hydrogens (tertiary/aromatic N) is 2. The molecule has 0 unspecified atom stereocenters. The molecule has 0 aliphatic carbocycles. The largest absolute Gasteiger partial charge is 0.453 e. The summed E-state index contributed by atoms with van der Waals surface area (Å²) in [5, 5.41) is 7.62. The lowest BCUT2D eigenvalue weighted by molar-refractivity contribution is -0.144. The first-order valence-electron chi connectivity index (χ1n) is 5.94. The van der Waals surface area contributed by atoms with Crippen LogP contribution in [0.25, 0.3) is 0 Å². The van der Waals surface area contributed by atoms with Crippen LogP contribution in [0.2, 0.25) is 0 Å². The van der Waals surface area contributed by atoms with Crippen molar-refractivity contribution < 1.29 is 22.7 Å². The van der Waals surface area contributed by atoms with E-state index >= 15 is 0 Å². The Morgan fingerprint density at radius 2 is 2.10 bits per heavy atom. The summed E-state index contributed by atoms with van der Waals surface area (Å²) >= 11 is 0. The molecule has 0 fully saturated rings. The highest BCUT2D eigenvalue weighted by Crippen LogP contribution is 2.27. The standard InChI is InChI=1S/C12H15F3N4O2/c1-5-6-7(21-10(20)17-11(2,3)4)8-16-9(19-18-8)12(13,14)15/h1,7H,6H2,2-4H3,(H,17,20)(H,16,18,19)/t7-/m0/s1. The number of halogens is 3. The monoisotopic (exact) mass is 304 g/mol. The van der Waals surface area contributed by atoms with Gasteiger partial charge in [0, 0.05) is 5.54 Å². The van der Waals surface area contributed by atoms with Gasteiger partial charge in [0.25, 0.3) is 5.82 Å². The van der Waals surface area contributed by atoms with Crippen LogP contribution in [0.3, 0.4) is 0 Å². The number of hydrogen-bond donors (Lipinski definition) is 2. The number of alkyl carbamates (subject to hydrolysis) is 1. The minimum Gasteiger partial charge on any atom is -0.437 e. The first kappa shape index (κ1) is 16.8. The van der Waals surface area contributed by atoms with Crippen LogP contribution in [-0.4, -0.2) is 26.8 Å². The molecule has 0 radical (unpaired) electrons. The number of alkyl halides is 3. The van der Waals surface area contributed by atoms with E-state index in [4.69, 9.17) is 11.2 Å². The fourth-order valence-corrected chi connectivity index (χ4v) is 1.31. The van der Waals surface area contributed by atoms with E-state index in [2.05, 4.69) is 26.4 Å². The van der Waals surface area contributed by atoms with E-state index in [1.165, 1.54) is 0 Å². The number of amides is 1. The molecule has 1 rings (SSSR count). The lowest BCUT2D eigenvalue weighted by Gasteiger charge is -2.22. The van der Waals surface area contributed by atoms with Gasteiger partial charge in [-0.1, -0.05) is 0 Å². The summed E-state index contributed by atoms with van der Waals surface area (Å²) in [4.78, 5) is 14.9. The van der Waals surface area contributed by atoms with Gasteiger partial charge in [0.15, 0.2) is 11.9 Å². The van der Waals surface area contributed by atoms with Crippen LogP contribution in [-0.2, 0) is 10.9 Å². The molecule has 0 aromatic carbocycles. The molecule has 0 bridgehead atoms. The molecule has 0 aliphatic rings. The first-order valence-corrected chi connectivity index (χ1v) is 5.94. The average molecular weight is 304 g/mol. The van der Waals surface area contributed by atoms with E-state index in [1.54, 1.807) is 20.8 Å². The van der Waals surface area contributed by atoms with Gasteiger partial charge in [0.2, 0.25) is 0 Å². The lowest BCUT2D eigenvalue weighted by atomic mass is 10.1.